The fraction of sp³-hybridized carbons (Fsp3) is 0.400. The summed E-state index contributed by atoms with van der Waals surface area (Å²) in [6.07, 6.45) is -1.34. The number of hydrogen-bond acceptors (Lipinski definition) is 3. The maximum Gasteiger partial charge on any atom is 0.164 e. The van der Waals surface area contributed by atoms with Crippen LogP contribution in [0, 0.1) is 5.82 Å². The maximum absolute atomic E-state index is 13.3. The summed E-state index contributed by atoms with van der Waals surface area (Å²) < 4.78 is 35.4. The molecule has 90 valence electrons. The van der Waals surface area contributed by atoms with E-state index in [0.717, 1.165) is 0 Å². The van der Waals surface area contributed by atoms with E-state index >= 15 is 0 Å². The Kier molecular flexibility index (Phi) is 4.69. The van der Waals surface area contributed by atoms with Crippen LogP contribution in [0.3, 0.4) is 0 Å². The number of alkyl halides is 1. The second kappa shape index (κ2) is 5.42. The molecule has 0 spiro atoms. The summed E-state index contributed by atoms with van der Waals surface area (Å²) in [6, 6.07) is 5.63. The predicted octanol–water partition coefficient (Wildman–Crippen LogP) is 2.05. The molecule has 6 heteroatoms. The summed E-state index contributed by atoms with van der Waals surface area (Å²) in [5, 5.41) is 9.81. The molecule has 0 amide bonds. The fourth-order valence-electron chi connectivity index (χ4n) is 1.21. The molecule has 0 aromatic heterocycles. The minimum Gasteiger partial charge on any atom is -0.386 e. The number of aliphatic hydroxyl groups is 1. The monoisotopic (exact) mass is 358 g/mol. The molecule has 0 aliphatic rings. The number of sulfone groups is 1. The molecule has 2 unspecified atom stereocenters. The Morgan fingerprint density at radius 2 is 2.00 bits per heavy atom. The first-order valence-electron chi connectivity index (χ1n) is 4.68. The summed E-state index contributed by atoms with van der Waals surface area (Å²) in [4.78, 5) is 0. The first kappa shape index (κ1) is 13.9. The van der Waals surface area contributed by atoms with Gasteiger partial charge in [0.1, 0.15) is 15.2 Å². The zero-order valence-electron chi connectivity index (χ0n) is 8.60. The van der Waals surface area contributed by atoms with Gasteiger partial charge in [0, 0.05) is 11.3 Å². The summed E-state index contributed by atoms with van der Waals surface area (Å²) in [5.41, 5.74) is 0.0129. The van der Waals surface area contributed by atoms with Gasteiger partial charge in [0.25, 0.3) is 0 Å². The lowest BCUT2D eigenvalue weighted by Crippen LogP contribution is -2.24. The average Bonchev–Trinajstić information content (AvgIpc) is 2.27. The fourth-order valence-corrected chi connectivity index (χ4v) is 3.54. The lowest BCUT2D eigenvalue weighted by atomic mass is 10.1. The van der Waals surface area contributed by atoms with E-state index in [9.17, 15) is 17.9 Å². The largest absolute Gasteiger partial charge is 0.386 e. The van der Waals surface area contributed by atoms with Crippen LogP contribution in [0.25, 0.3) is 0 Å². The normalized spacial score (nSPS) is 15.8. The summed E-state index contributed by atoms with van der Waals surface area (Å²) in [6.45, 7) is 1.50. The van der Waals surface area contributed by atoms with Crippen LogP contribution in [-0.4, -0.2) is 22.5 Å². The van der Waals surface area contributed by atoms with Crippen LogP contribution in [0.5, 0.6) is 0 Å². The zero-order valence-corrected chi connectivity index (χ0v) is 11.6. The molecule has 3 nitrogen and oxygen atoms in total. The average molecular weight is 358 g/mol. The van der Waals surface area contributed by atoms with E-state index in [4.69, 9.17) is 0 Å². The van der Waals surface area contributed by atoms with Gasteiger partial charge in [0.15, 0.2) is 9.84 Å². The third kappa shape index (κ3) is 2.92. The van der Waals surface area contributed by atoms with E-state index in [1.165, 1.54) is 25.1 Å². The van der Waals surface area contributed by atoms with Crippen LogP contribution in [0.2, 0.25) is 0 Å². The standard InChI is InChI=1S/C10H12FIO3S/c1-2-16(14,15)10(12)9(13)7-5-3-4-6-8(7)11/h3-6,9-10,13H,2H2,1H3. The van der Waals surface area contributed by atoms with Gasteiger partial charge in [0.05, 0.1) is 0 Å². The molecule has 16 heavy (non-hydrogen) atoms. The molecule has 0 bridgehead atoms. The lowest BCUT2D eigenvalue weighted by Gasteiger charge is -2.17. The first-order valence-corrected chi connectivity index (χ1v) is 7.64. The third-order valence-electron chi connectivity index (χ3n) is 2.22. The summed E-state index contributed by atoms with van der Waals surface area (Å²) in [5.74, 6) is -0.672. The van der Waals surface area contributed by atoms with Crippen molar-refractivity contribution < 1.29 is 17.9 Å². The molecule has 0 aliphatic carbocycles. The second-order valence-electron chi connectivity index (χ2n) is 3.27. The Hall–Kier alpha value is -0.210. The van der Waals surface area contributed by atoms with Crippen molar-refractivity contribution in [3.63, 3.8) is 0 Å². The number of aliphatic hydroxyl groups excluding tert-OH is 1. The van der Waals surface area contributed by atoms with Crippen LogP contribution in [0.15, 0.2) is 24.3 Å². The Labute approximate surface area is 108 Å². The van der Waals surface area contributed by atoms with Gasteiger partial charge in [-0.3, -0.25) is 0 Å². The van der Waals surface area contributed by atoms with E-state index in [-0.39, 0.29) is 11.3 Å². The van der Waals surface area contributed by atoms with E-state index in [1.54, 1.807) is 28.7 Å². The minimum atomic E-state index is -3.39. The third-order valence-corrected chi connectivity index (χ3v) is 6.97. The maximum atomic E-state index is 13.3. The van der Waals surface area contributed by atoms with Crippen molar-refractivity contribution >= 4 is 32.4 Å². The molecule has 0 saturated carbocycles. The van der Waals surface area contributed by atoms with Gasteiger partial charge in [-0.05, 0) is 6.07 Å². The summed E-state index contributed by atoms with van der Waals surface area (Å²) >= 11 is 1.63. The topological polar surface area (TPSA) is 54.4 Å². The zero-order chi connectivity index (χ0) is 12.3. The van der Waals surface area contributed by atoms with Crippen molar-refractivity contribution in [2.45, 2.75) is 16.3 Å². The molecule has 0 fully saturated rings. The molecular weight excluding hydrogens is 346 g/mol. The van der Waals surface area contributed by atoms with E-state index in [0.29, 0.717) is 0 Å². The Morgan fingerprint density at radius 1 is 1.44 bits per heavy atom. The molecule has 2 atom stereocenters. The lowest BCUT2D eigenvalue weighted by molar-refractivity contribution is 0.192. The van der Waals surface area contributed by atoms with E-state index < -0.39 is 25.0 Å². The smallest absolute Gasteiger partial charge is 0.164 e. The molecular formula is C10H12FIO3S. The van der Waals surface area contributed by atoms with Crippen molar-refractivity contribution in [2.24, 2.45) is 0 Å². The van der Waals surface area contributed by atoms with Crippen molar-refractivity contribution in [2.75, 3.05) is 5.75 Å². The van der Waals surface area contributed by atoms with Crippen LogP contribution in [0.1, 0.15) is 18.6 Å². The van der Waals surface area contributed by atoms with Crippen LogP contribution < -0.4 is 0 Å². The van der Waals surface area contributed by atoms with Gasteiger partial charge in [-0.25, -0.2) is 12.8 Å². The number of benzene rings is 1. The Balaban J connectivity index is 3.04. The highest BCUT2D eigenvalue weighted by molar-refractivity contribution is 14.1. The first-order chi connectivity index (χ1) is 7.40. The van der Waals surface area contributed by atoms with Crippen LogP contribution >= 0.6 is 22.6 Å². The quantitative estimate of drug-likeness (QED) is 0.662. The van der Waals surface area contributed by atoms with Gasteiger partial charge in [-0.1, -0.05) is 47.7 Å². The molecule has 0 aliphatic heterocycles. The number of halogens is 2. The van der Waals surface area contributed by atoms with Crippen molar-refractivity contribution in [3.8, 4) is 0 Å². The van der Waals surface area contributed by atoms with Crippen molar-refractivity contribution in [1.29, 1.82) is 0 Å². The molecule has 0 saturated heterocycles. The Morgan fingerprint density at radius 3 is 2.50 bits per heavy atom. The van der Waals surface area contributed by atoms with E-state index in [1.807, 2.05) is 0 Å². The molecule has 0 radical (unpaired) electrons. The highest BCUT2D eigenvalue weighted by Gasteiger charge is 2.30. The van der Waals surface area contributed by atoms with Gasteiger partial charge in [-0.2, -0.15) is 0 Å². The van der Waals surface area contributed by atoms with Crippen molar-refractivity contribution in [1.82, 2.24) is 0 Å². The van der Waals surface area contributed by atoms with Gasteiger partial charge in [-0.15, -0.1) is 0 Å². The van der Waals surface area contributed by atoms with Crippen LogP contribution in [-0.2, 0) is 9.84 Å². The molecule has 1 aromatic carbocycles. The number of rotatable bonds is 4. The molecule has 1 aromatic rings. The van der Waals surface area contributed by atoms with Gasteiger partial charge >= 0.3 is 0 Å². The predicted molar refractivity (Wildman–Crippen MR) is 68.6 cm³/mol. The van der Waals surface area contributed by atoms with Crippen LogP contribution in [0.4, 0.5) is 4.39 Å². The minimum absolute atomic E-state index is 0.0129. The van der Waals surface area contributed by atoms with Gasteiger partial charge < -0.3 is 5.11 Å². The highest BCUT2D eigenvalue weighted by Crippen LogP contribution is 2.29. The molecule has 1 N–H and O–H groups in total. The van der Waals surface area contributed by atoms with Crippen molar-refractivity contribution in [3.05, 3.63) is 35.6 Å². The highest BCUT2D eigenvalue weighted by atomic mass is 127. The second-order valence-corrected chi connectivity index (χ2v) is 7.87. The van der Waals surface area contributed by atoms with Gasteiger partial charge in [0.2, 0.25) is 0 Å². The number of hydrogen-bond donors (Lipinski definition) is 1. The SMILES string of the molecule is CCS(=O)(=O)C(I)C(O)c1ccccc1F. The Bertz CT molecular complexity index is 461. The molecule has 0 heterocycles. The van der Waals surface area contributed by atoms with E-state index in [2.05, 4.69) is 0 Å². The molecule has 1 rings (SSSR count). The summed E-state index contributed by atoms with van der Waals surface area (Å²) in [7, 11) is -3.39.